The van der Waals surface area contributed by atoms with Crippen LogP contribution in [0.15, 0.2) is 36.5 Å². The van der Waals surface area contributed by atoms with Gasteiger partial charge >= 0.3 is 6.09 Å². The molecule has 0 bridgehead atoms. The second-order valence-electron chi connectivity index (χ2n) is 9.37. The average molecular weight is 476 g/mol. The van der Waals surface area contributed by atoms with Crippen LogP contribution in [0.5, 0.6) is 0 Å². The number of carbonyl (C=O) groups is 2. The summed E-state index contributed by atoms with van der Waals surface area (Å²) in [5.74, 6) is 0.945. The highest BCUT2D eigenvalue weighted by Crippen LogP contribution is 2.31. The van der Waals surface area contributed by atoms with Gasteiger partial charge in [-0.25, -0.2) is 9.78 Å². The van der Waals surface area contributed by atoms with Crippen molar-refractivity contribution >= 4 is 34.5 Å². The van der Waals surface area contributed by atoms with E-state index in [9.17, 15) is 14.7 Å². The van der Waals surface area contributed by atoms with Crippen molar-refractivity contribution in [3.05, 3.63) is 53.5 Å². The van der Waals surface area contributed by atoms with Crippen molar-refractivity contribution in [2.24, 2.45) is 0 Å². The summed E-state index contributed by atoms with van der Waals surface area (Å²) in [6, 6.07) is 9.94. The van der Waals surface area contributed by atoms with Gasteiger partial charge in [-0.1, -0.05) is 24.3 Å². The van der Waals surface area contributed by atoms with Crippen LogP contribution >= 0.6 is 0 Å². The molecule has 1 fully saturated rings. The van der Waals surface area contributed by atoms with Crippen molar-refractivity contribution in [3.63, 3.8) is 0 Å². The molecule has 2 aliphatic heterocycles. The van der Waals surface area contributed by atoms with Crippen molar-refractivity contribution in [1.82, 2.24) is 24.8 Å². The van der Waals surface area contributed by atoms with Gasteiger partial charge in [-0.05, 0) is 32.2 Å². The molecule has 2 N–H and O–H groups in total. The standard InChI is InChI=1S/C25H29N7O3/c1-15(2)32-14-20-21(23(32)33)28-24(30-8-9-31(25(34)35)16(3)13-30)29-22(20)27-12-19-10-17-6-4-5-7-18(17)11-26-19/h4-7,10-11,15-16H,8-9,12-14H2,1-3H3,(H,34,35)(H,27,28,29). The Morgan fingerprint density at radius 2 is 1.97 bits per heavy atom. The van der Waals surface area contributed by atoms with E-state index in [0.29, 0.717) is 50.2 Å². The Hall–Kier alpha value is -3.95. The number of rotatable bonds is 5. The summed E-state index contributed by atoms with van der Waals surface area (Å²) < 4.78 is 0. The molecule has 0 spiro atoms. The Morgan fingerprint density at radius 1 is 1.20 bits per heavy atom. The number of nitrogens with one attached hydrogen (secondary N) is 1. The number of carboxylic acid groups (broad SMARTS) is 1. The molecule has 3 aromatic rings. The number of benzene rings is 1. The third-order valence-corrected chi connectivity index (χ3v) is 6.69. The van der Waals surface area contributed by atoms with Gasteiger partial charge in [0.25, 0.3) is 5.91 Å². The Bertz CT molecular complexity index is 1300. The number of carbonyl (C=O) groups excluding carboxylic acids is 1. The number of fused-ring (bicyclic) bond motifs is 2. The van der Waals surface area contributed by atoms with Crippen molar-refractivity contribution in [2.75, 3.05) is 29.9 Å². The Balaban J connectivity index is 1.45. The molecule has 1 saturated heterocycles. The second kappa shape index (κ2) is 9.01. The number of aromatic nitrogens is 3. The molecule has 4 heterocycles. The molecule has 0 radical (unpaired) electrons. The Kier molecular flexibility index (Phi) is 5.88. The summed E-state index contributed by atoms with van der Waals surface area (Å²) >= 11 is 0. The summed E-state index contributed by atoms with van der Waals surface area (Å²) in [4.78, 5) is 43.8. The van der Waals surface area contributed by atoms with Crippen LogP contribution in [0.2, 0.25) is 0 Å². The summed E-state index contributed by atoms with van der Waals surface area (Å²) in [6.07, 6.45) is 0.926. The number of piperazine rings is 1. The minimum absolute atomic E-state index is 0.0364. The van der Waals surface area contributed by atoms with Crippen LogP contribution in [-0.2, 0) is 13.1 Å². The number of amides is 2. The van der Waals surface area contributed by atoms with E-state index in [2.05, 4.69) is 21.4 Å². The topological polar surface area (TPSA) is 115 Å². The van der Waals surface area contributed by atoms with Crippen LogP contribution in [0.3, 0.4) is 0 Å². The van der Waals surface area contributed by atoms with E-state index in [-0.39, 0.29) is 18.0 Å². The molecule has 0 saturated carbocycles. The maximum absolute atomic E-state index is 13.1. The van der Waals surface area contributed by atoms with Crippen molar-refractivity contribution in [2.45, 2.75) is 45.9 Å². The van der Waals surface area contributed by atoms with E-state index in [1.54, 1.807) is 4.90 Å². The number of hydrogen-bond donors (Lipinski definition) is 2. The van der Waals surface area contributed by atoms with Crippen LogP contribution in [0.25, 0.3) is 10.8 Å². The fraction of sp³-hybridized carbons (Fsp3) is 0.400. The average Bonchev–Trinajstić information content (AvgIpc) is 3.19. The fourth-order valence-corrected chi connectivity index (χ4v) is 4.71. The molecule has 1 unspecified atom stereocenters. The van der Waals surface area contributed by atoms with Crippen LogP contribution in [-0.4, -0.2) is 73.6 Å². The minimum atomic E-state index is -0.931. The molecule has 10 nitrogen and oxygen atoms in total. The molecule has 182 valence electrons. The van der Waals surface area contributed by atoms with Crippen molar-refractivity contribution in [1.29, 1.82) is 0 Å². The summed E-state index contributed by atoms with van der Waals surface area (Å²) in [5.41, 5.74) is 2.06. The third kappa shape index (κ3) is 4.31. The molecule has 2 amide bonds. The summed E-state index contributed by atoms with van der Waals surface area (Å²) in [7, 11) is 0. The van der Waals surface area contributed by atoms with Crippen LogP contribution < -0.4 is 10.2 Å². The molecule has 0 aliphatic carbocycles. The zero-order valence-corrected chi connectivity index (χ0v) is 20.1. The first-order valence-electron chi connectivity index (χ1n) is 11.9. The molecule has 2 aliphatic rings. The van der Waals surface area contributed by atoms with Gasteiger partial charge in [0, 0.05) is 48.9 Å². The van der Waals surface area contributed by atoms with Crippen molar-refractivity contribution < 1.29 is 14.7 Å². The molecular weight excluding hydrogens is 446 g/mol. The SMILES string of the molecule is CC(C)N1Cc2c(NCc3cc4ccccc4cn3)nc(N3CCN(C(=O)O)C(C)C3)nc2C1=O. The molecule has 10 heteroatoms. The van der Waals surface area contributed by atoms with E-state index in [0.717, 1.165) is 22.0 Å². The van der Waals surface area contributed by atoms with Gasteiger partial charge in [0.05, 0.1) is 18.8 Å². The van der Waals surface area contributed by atoms with Gasteiger partial charge in [-0.2, -0.15) is 4.98 Å². The first-order valence-corrected chi connectivity index (χ1v) is 11.9. The lowest BCUT2D eigenvalue weighted by Crippen LogP contribution is -2.54. The largest absolute Gasteiger partial charge is 0.465 e. The second-order valence-corrected chi connectivity index (χ2v) is 9.37. The highest BCUT2D eigenvalue weighted by atomic mass is 16.4. The number of hydrogen-bond acceptors (Lipinski definition) is 7. The minimum Gasteiger partial charge on any atom is -0.465 e. The third-order valence-electron chi connectivity index (χ3n) is 6.69. The van der Waals surface area contributed by atoms with Crippen LogP contribution in [0, 0.1) is 0 Å². The fourth-order valence-electron chi connectivity index (χ4n) is 4.71. The van der Waals surface area contributed by atoms with E-state index >= 15 is 0 Å². The van der Waals surface area contributed by atoms with Gasteiger partial charge < -0.3 is 25.1 Å². The monoisotopic (exact) mass is 475 g/mol. The van der Waals surface area contributed by atoms with E-state index in [1.807, 2.05) is 56.1 Å². The van der Waals surface area contributed by atoms with E-state index in [4.69, 9.17) is 4.98 Å². The van der Waals surface area contributed by atoms with Gasteiger partial charge in [0.1, 0.15) is 11.5 Å². The maximum Gasteiger partial charge on any atom is 0.407 e. The molecule has 1 atom stereocenters. The van der Waals surface area contributed by atoms with Gasteiger partial charge in [-0.15, -0.1) is 0 Å². The maximum atomic E-state index is 13.1. The first-order chi connectivity index (χ1) is 16.8. The lowest BCUT2D eigenvalue weighted by atomic mass is 10.1. The highest BCUT2D eigenvalue weighted by Gasteiger charge is 2.36. The Labute approximate surface area is 203 Å². The normalized spacial score (nSPS) is 17.9. The first kappa shape index (κ1) is 22.8. The molecule has 2 aromatic heterocycles. The summed E-state index contributed by atoms with van der Waals surface area (Å²) in [6.45, 7) is 8.00. The van der Waals surface area contributed by atoms with Crippen molar-refractivity contribution in [3.8, 4) is 0 Å². The Morgan fingerprint density at radius 3 is 2.69 bits per heavy atom. The van der Waals surface area contributed by atoms with Gasteiger partial charge in [0.2, 0.25) is 5.95 Å². The highest BCUT2D eigenvalue weighted by molar-refractivity contribution is 5.98. The van der Waals surface area contributed by atoms with E-state index < -0.39 is 6.09 Å². The predicted octanol–water partition coefficient (Wildman–Crippen LogP) is 3.19. The van der Waals surface area contributed by atoms with Crippen LogP contribution in [0.4, 0.5) is 16.6 Å². The number of nitrogens with zero attached hydrogens (tertiary/aromatic N) is 6. The summed E-state index contributed by atoms with van der Waals surface area (Å²) in [5, 5.41) is 15.0. The smallest absolute Gasteiger partial charge is 0.407 e. The zero-order chi connectivity index (χ0) is 24.7. The van der Waals surface area contributed by atoms with Gasteiger partial charge in [-0.3, -0.25) is 9.78 Å². The lowest BCUT2D eigenvalue weighted by Gasteiger charge is -2.38. The lowest BCUT2D eigenvalue weighted by molar-refractivity contribution is 0.0726. The number of pyridine rings is 1. The predicted molar refractivity (Wildman–Crippen MR) is 133 cm³/mol. The quantitative estimate of drug-likeness (QED) is 0.578. The molecule has 5 rings (SSSR count). The molecule has 1 aromatic carbocycles. The molecular formula is C25H29N7O3. The van der Waals surface area contributed by atoms with E-state index in [1.165, 1.54) is 4.90 Å². The number of anilines is 2. The zero-order valence-electron chi connectivity index (χ0n) is 20.1. The van der Waals surface area contributed by atoms with Gasteiger partial charge in [0.15, 0.2) is 0 Å². The van der Waals surface area contributed by atoms with Crippen LogP contribution in [0.1, 0.15) is 42.5 Å². The molecule has 35 heavy (non-hydrogen) atoms.